The van der Waals surface area contributed by atoms with Crippen molar-refractivity contribution in [2.75, 3.05) is 0 Å². The van der Waals surface area contributed by atoms with Crippen molar-refractivity contribution in [3.8, 4) is 0 Å². The highest BCUT2D eigenvalue weighted by atomic mass is 16.4. The lowest BCUT2D eigenvalue weighted by Gasteiger charge is -2.39. The van der Waals surface area contributed by atoms with Crippen LogP contribution in [-0.2, 0) is 4.79 Å². The van der Waals surface area contributed by atoms with Gasteiger partial charge in [-0.05, 0) is 43.9 Å². The maximum absolute atomic E-state index is 12.6. The lowest BCUT2D eigenvalue weighted by Crippen LogP contribution is -2.54. The summed E-state index contributed by atoms with van der Waals surface area (Å²) >= 11 is 0. The Kier molecular flexibility index (Phi) is 3.95. The molecule has 0 amide bonds. The monoisotopic (exact) mass is 275 g/mol. The average Bonchev–Trinajstić information content (AvgIpc) is 2.41. The summed E-state index contributed by atoms with van der Waals surface area (Å²) in [6.07, 6.45) is 1.81. The normalized spacial score (nSPS) is 26.2. The van der Waals surface area contributed by atoms with Crippen LogP contribution in [0.3, 0.4) is 0 Å². The van der Waals surface area contributed by atoms with Crippen LogP contribution in [0.5, 0.6) is 0 Å². The number of Topliss-reactive ketones (excluding diaryl/α,β-unsaturated/α-hetero) is 1. The number of aryl methyl sites for hydroxylation is 2. The molecule has 1 aromatic rings. The molecule has 2 atom stereocenters. The van der Waals surface area contributed by atoms with Gasteiger partial charge in [-0.15, -0.1) is 0 Å². The molecule has 0 saturated heterocycles. The van der Waals surface area contributed by atoms with Crippen molar-refractivity contribution in [3.63, 3.8) is 0 Å². The zero-order valence-electron chi connectivity index (χ0n) is 11.8. The zero-order valence-corrected chi connectivity index (χ0v) is 11.8. The van der Waals surface area contributed by atoms with Crippen LogP contribution < -0.4 is 5.11 Å². The van der Waals surface area contributed by atoms with Gasteiger partial charge in [0.2, 0.25) is 0 Å². The van der Waals surface area contributed by atoms with Gasteiger partial charge < -0.3 is 15.0 Å². The molecule has 1 saturated carbocycles. The Morgan fingerprint density at radius 1 is 1.25 bits per heavy atom. The summed E-state index contributed by atoms with van der Waals surface area (Å²) in [6, 6.07) is 5.16. The van der Waals surface area contributed by atoms with Crippen LogP contribution in [0.4, 0.5) is 0 Å². The number of carboxylic acids is 1. The Morgan fingerprint density at radius 3 is 2.55 bits per heavy atom. The van der Waals surface area contributed by atoms with Crippen molar-refractivity contribution >= 4 is 11.8 Å². The molecule has 108 valence electrons. The third-order valence-electron chi connectivity index (χ3n) is 4.32. The number of carboxylic acid groups (broad SMARTS) is 1. The number of carbonyl (C=O) groups excluding carboxylic acids is 2. The molecule has 1 aliphatic rings. The maximum atomic E-state index is 12.6. The van der Waals surface area contributed by atoms with Crippen LogP contribution in [0.15, 0.2) is 18.2 Å². The van der Waals surface area contributed by atoms with E-state index in [1.165, 1.54) is 0 Å². The van der Waals surface area contributed by atoms with E-state index in [-0.39, 0.29) is 12.8 Å². The molecule has 4 nitrogen and oxygen atoms in total. The van der Waals surface area contributed by atoms with E-state index in [0.29, 0.717) is 18.4 Å². The SMILES string of the molecule is Cc1ccc(C(=O)C2(O)CCCCC2C(=O)[O-])cc1C. The van der Waals surface area contributed by atoms with E-state index in [4.69, 9.17) is 0 Å². The quantitative estimate of drug-likeness (QED) is 0.840. The molecule has 0 spiro atoms. The van der Waals surface area contributed by atoms with Gasteiger partial charge in [-0.2, -0.15) is 0 Å². The summed E-state index contributed by atoms with van der Waals surface area (Å²) < 4.78 is 0. The highest BCUT2D eigenvalue weighted by Gasteiger charge is 2.46. The number of hydrogen-bond donors (Lipinski definition) is 1. The van der Waals surface area contributed by atoms with Gasteiger partial charge in [0, 0.05) is 17.5 Å². The zero-order chi connectivity index (χ0) is 14.9. The minimum Gasteiger partial charge on any atom is -0.550 e. The van der Waals surface area contributed by atoms with Crippen LogP contribution in [-0.4, -0.2) is 22.5 Å². The van der Waals surface area contributed by atoms with Gasteiger partial charge in [0.15, 0.2) is 5.78 Å². The first kappa shape index (κ1) is 14.7. The van der Waals surface area contributed by atoms with Crippen molar-refractivity contribution in [3.05, 3.63) is 34.9 Å². The van der Waals surface area contributed by atoms with E-state index >= 15 is 0 Å². The fraction of sp³-hybridized carbons (Fsp3) is 0.500. The van der Waals surface area contributed by atoms with Gasteiger partial charge >= 0.3 is 0 Å². The number of aliphatic carboxylic acids is 1. The molecule has 0 aromatic heterocycles. The first-order valence-electron chi connectivity index (χ1n) is 6.91. The molecule has 20 heavy (non-hydrogen) atoms. The van der Waals surface area contributed by atoms with E-state index in [1.54, 1.807) is 12.1 Å². The second-order valence-electron chi connectivity index (χ2n) is 5.67. The smallest absolute Gasteiger partial charge is 0.195 e. The van der Waals surface area contributed by atoms with Gasteiger partial charge in [-0.25, -0.2) is 0 Å². The molecule has 2 unspecified atom stereocenters. The fourth-order valence-corrected chi connectivity index (χ4v) is 2.87. The highest BCUT2D eigenvalue weighted by Crippen LogP contribution is 2.36. The second kappa shape index (κ2) is 5.37. The first-order valence-corrected chi connectivity index (χ1v) is 6.91. The van der Waals surface area contributed by atoms with Crippen LogP contribution in [0.2, 0.25) is 0 Å². The van der Waals surface area contributed by atoms with Crippen molar-refractivity contribution in [2.45, 2.75) is 45.1 Å². The number of benzene rings is 1. The second-order valence-corrected chi connectivity index (χ2v) is 5.67. The molecular formula is C16H19O4-. The first-order chi connectivity index (χ1) is 9.36. The molecule has 1 N–H and O–H groups in total. The van der Waals surface area contributed by atoms with Crippen LogP contribution >= 0.6 is 0 Å². The van der Waals surface area contributed by atoms with E-state index in [2.05, 4.69) is 0 Å². The summed E-state index contributed by atoms with van der Waals surface area (Å²) in [7, 11) is 0. The minimum absolute atomic E-state index is 0.178. The molecular weight excluding hydrogens is 256 g/mol. The Balaban J connectivity index is 2.38. The average molecular weight is 275 g/mol. The molecule has 0 radical (unpaired) electrons. The van der Waals surface area contributed by atoms with Crippen molar-refractivity contribution in [2.24, 2.45) is 5.92 Å². The number of carbonyl (C=O) groups is 2. The molecule has 4 heteroatoms. The third kappa shape index (κ3) is 2.48. The van der Waals surface area contributed by atoms with Gasteiger partial charge in [0.25, 0.3) is 0 Å². The molecule has 0 aliphatic heterocycles. The predicted molar refractivity (Wildman–Crippen MR) is 72.2 cm³/mol. The predicted octanol–water partition coefficient (Wildman–Crippen LogP) is 1.16. The molecule has 0 bridgehead atoms. The van der Waals surface area contributed by atoms with Gasteiger partial charge in [-0.3, -0.25) is 4.79 Å². The molecule has 2 rings (SSSR count). The highest BCUT2D eigenvalue weighted by molar-refractivity contribution is 6.04. The van der Waals surface area contributed by atoms with E-state index < -0.39 is 23.3 Å². The van der Waals surface area contributed by atoms with Crippen LogP contribution in [0.1, 0.15) is 47.2 Å². The molecule has 1 fully saturated rings. The summed E-state index contributed by atoms with van der Waals surface area (Å²) in [5.41, 5.74) is 0.524. The van der Waals surface area contributed by atoms with E-state index in [0.717, 1.165) is 11.1 Å². The Labute approximate surface area is 118 Å². The maximum Gasteiger partial charge on any atom is 0.195 e. The third-order valence-corrected chi connectivity index (χ3v) is 4.32. The number of hydrogen-bond acceptors (Lipinski definition) is 4. The Bertz CT molecular complexity index is 549. The summed E-state index contributed by atoms with van der Waals surface area (Å²) in [5, 5.41) is 21.8. The lowest BCUT2D eigenvalue weighted by molar-refractivity contribution is -0.317. The number of aliphatic hydroxyl groups is 1. The summed E-state index contributed by atoms with van der Waals surface area (Å²) in [6.45, 7) is 3.82. The Hall–Kier alpha value is -1.68. The fourth-order valence-electron chi connectivity index (χ4n) is 2.87. The van der Waals surface area contributed by atoms with E-state index in [9.17, 15) is 19.8 Å². The lowest BCUT2D eigenvalue weighted by atomic mass is 9.71. The summed E-state index contributed by atoms with van der Waals surface area (Å²) in [4.78, 5) is 23.8. The standard InChI is InChI=1S/C16H20O4/c1-10-6-7-12(9-11(10)2)14(17)16(20)8-4-3-5-13(16)15(18)19/h6-7,9,13,20H,3-5,8H2,1-2H3,(H,18,19)/p-1. The van der Waals surface area contributed by atoms with Crippen molar-refractivity contribution in [1.82, 2.24) is 0 Å². The van der Waals surface area contributed by atoms with Crippen molar-refractivity contribution < 1.29 is 19.8 Å². The van der Waals surface area contributed by atoms with Gasteiger partial charge in [-0.1, -0.05) is 25.0 Å². The number of rotatable bonds is 3. The Morgan fingerprint density at radius 2 is 1.95 bits per heavy atom. The topological polar surface area (TPSA) is 77.4 Å². The molecule has 1 aliphatic carbocycles. The van der Waals surface area contributed by atoms with Gasteiger partial charge in [0.05, 0.1) is 0 Å². The summed E-state index contributed by atoms with van der Waals surface area (Å²) in [5.74, 6) is -2.97. The largest absolute Gasteiger partial charge is 0.550 e. The molecule has 0 heterocycles. The van der Waals surface area contributed by atoms with E-state index in [1.807, 2.05) is 19.9 Å². The van der Waals surface area contributed by atoms with Crippen molar-refractivity contribution in [1.29, 1.82) is 0 Å². The minimum atomic E-state index is -1.83. The van der Waals surface area contributed by atoms with Crippen LogP contribution in [0, 0.1) is 19.8 Å². The van der Waals surface area contributed by atoms with Gasteiger partial charge in [0.1, 0.15) is 5.60 Å². The number of ketones is 1. The van der Waals surface area contributed by atoms with Crippen LogP contribution in [0.25, 0.3) is 0 Å². The molecule has 1 aromatic carbocycles.